The topological polar surface area (TPSA) is 3.24 Å². The molecule has 9 aromatic rings. The molecule has 0 aliphatic heterocycles. The van der Waals surface area contributed by atoms with Gasteiger partial charge in [0.25, 0.3) is 0 Å². The van der Waals surface area contributed by atoms with Crippen LogP contribution in [-0.4, -0.2) is 39.2 Å². The molecule has 0 N–H and O–H groups in total. The van der Waals surface area contributed by atoms with Crippen LogP contribution < -0.4 is 32.2 Å². The van der Waals surface area contributed by atoms with Crippen molar-refractivity contribution >= 4 is 94.4 Å². The van der Waals surface area contributed by atoms with Crippen LogP contribution in [0.2, 0.25) is 0 Å². The first-order chi connectivity index (χ1) is 29.3. The molecule has 0 atom stereocenters. The molecule has 0 fully saturated rings. The Kier molecular flexibility index (Phi) is 9.29. The normalized spacial score (nSPS) is 12.6. The molecule has 1 nitrogen and oxygen atoms in total. The van der Waals surface area contributed by atoms with Crippen LogP contribution in [0, 0.1) is 5.82 Å². The van der Waals surface area contributed by atoms with Crippen molar-refractivity contribution in [2.75, 3.05) is 4.90 Å². The highest BCUT2D eigenvalue weighted by molar-refractivity contribution is 6.69. The predicted molar refractivity (Wildman–Crippen MR) is 254 cm³/mol. The van der Waals surface area contributed by atoms with Crippen molar-refractivity contribution in [1.82, 2.24) is 0 Å². The Morgan fingerprint density at radius 1 is 0.367 bits per heavy atom. The van der Waals surface area contributed by atoms with E-state index in [1.807, 2.05) is 108 Å². The molecule has 0 saturated carbocycles. The monoisotopic (exact) mass is 755 g/mol. The maximum Gasteiger partial charge on any atom is 0.131 e. The van der Waals surface area contributed by atoms with Crippen molar-refractivity contribution in [3.8, 4) is 33.4 Å². The second-order valence-corrected chi connectivity index (χ2v) is 15.3. The van der Waals surface area contributed by atoms with Gasteiger partial charge in [-0.3, -0.25) is 0 Å². The summed E-state index contributed by atoms with van der Waals surface area (Å²) in [7, 11) is 33.2. The van der Waals surface area contributed by atoms with Gasteiger partial charge >= 0.3 is 0 Å². The third-order valence-electron chi connectivity index (χ3n) is 12.1. The second kappa shape index (κ2) is 14.8. The molecule has 0 amide bonds. The first-order valence-electron chi connectivity index (χ1n) is 19.8. The number of nitrogens with zero attached hydrogens (tertiary/aromatic N) is 1. The SMILES string of the molecule is [B]c1c([B])c([B])c(N(c2ccc(-c3ccccc3)cc2)c2ccc3c(c2)C(c2ccccc2)(c2ccccc2)c2cc(F)c(-c4ccc5ccccc5c4)cc2-3)c([B])c1[B]. The van der Waals surface area contributed by atoms with Crippen molar-refractivity contribution in [1.29, 1.82) is 0 Å². The summed E-state index contributed by atoms with van der Waals surface area (Å²) in [6, 6.07) is 63.2. The fourth-order valence-corrected chi connectivity index (χ4v) is 9.13. The Hall–Kier alpha value is -6.71. The van der Waals surface area contributed by atoms with Gasteiger partial charge in [0.2, 0.25) is 0 Å². The van der Waals surface area contributed by atoms with E-state index in [0.29, 0.717) is 11.3 Å². The summed E-state index contributed by atoms with van der Waals surface area (Å²) in [4.78, 5) is 1.98. The molecule has 7 heteroatoms. The molecule has 0 saturated heterocycles. The van der Waals surface area contributed by atoms with E-state index >= 15 is 4.39 Å². The zero-order valence-corrected chi connectivity index (χ0v) is 32.6. The number of benzene rings is 9. The molecule has 0 unspecified atom stereocenters. The van der Waals surface area contributed by atoms with Crippen LogP contribution in [-0.2, 0) is 5.41 Å². The maximum atomic E-state index is 17.1. The Morgan fingerprint density at radius 2 is 0.867 bits per heavy atom. The van der Waals surface area contributed by atoms with Gasteiger partial charge in [-0.1, -0.05) is 157 Å². The Morgan fingerprint density at radius 3 is 1.50 bits per heavy atom. The van der Waals surface area contributed by atoms with Crippen LogP contribution in [0.1, 0.15) is 22.3 Å². The van der Waals surface area contributed by atoms with E-state index < -0.39 is 5.41 Å². The van der Waals surface area contributed by atoms with Crippen LogP contribution in [0.3, 0.4) is 0 Å². The van der Waals surface area contributed by atoms with Gasteiger partial charge < -0.3 is 4.90 Å². The van der Waals surface area contributed by atoms with Gasteiger partial charge in [0.05, 0.1) is 5.41 Å². The van der Waals surface area contributed by atoms with Crippen LogP contribution in [0.15, 0.2) is 188 Å². The zero-order chi connectivity index (χ0) is 41.1. The van der Waals surface area contributed by atoms with Gasteiger partial charge in [-0.15, -0.1) is 16.4 Å². The molecular formula is C53H31B5FN. The molecule has 0 spiro atoms. The summed E-state index contributed by atoms with van der Waals surface area (Å²) in [6.07, 6.45) is 0. The van der Waals surface area contributed by atoms with Crippen LogP contribution >= 0.6 is 0 Å². The lowest BCUT2D eigenvalue weighted by Gasteiger charge is -2.36. The number of hydrogen-bond donors (Lipinski definition) is 0. The molecule has 10 rings (SSSR count). The fraction of sp³-hybridized carbons (Fsp3) is 0.0189. The van der Waals surface area contributed by atoms with E-state index in [9.17, 15) is 0 Å². The Balaban J connectivity index is 1.26. The summed E-state index contributed by atoms with van der Waals surface area (Å²) < 4.78 is 17.1. The third-order valence-corrected chi connectivity index (χ3v) is 12.1. The van der Waals surface area contributed by atoms with Gasteiger partial charge in [0, 0.05) is 22.6 Å². The lowest BCUT2D eigenvalue weighted by atomic mass is 9.61. The molecule has 0 bridgehead atoms. The fourth-order valence-electron chi connectivity index (χ4n) is 9.13. The van der Waals surface area contributed by atoms with E-state index in [0.717, 1.165) is 72.2 Å². The average Bonchev–Trinajstić information content (AvgIpc) is 3.58. The molecule has 10 radical (unpaired) electrons. The average molecular weight is 755 g/mol. The Labute approximate surface area is 357 Å². The van der Waals surface area contributed by atoms with E-state index in [4.69, 9.17) is 39.2 Å². The molecular weight excluding hydrogens is 724 g/mol. The molecule has 270 valence electrons. The van der Waals surface area contributed by atoms with Gasteiger partial charge in [-0.05, 0) is 103 Å². The number of halogens is 1. The van der Waals surface area contributed by atoms with Crippen molar-refractivity contribution in [2.24, 2.45) is 0 Å². The number of hydrogen-bond acceptors (Lipinski definition) is 1. The van der Waals surface area contributed by atoms with Crippen LogP contribution in [0.4, 0.5) is 21.5 Å². The van der Waals surface area contributed by atoms with Gasteiger partial charge in [0.15, 0.2) is 0 Å². The van der Waals surface area contributed by atoms with Crippen molar-refractivity contribution < 1.29 is 4.39 Å². The molecule has 0 heterocycles. The highest BCUT2D eigenvalue weighted by atomic mass is 19.1. The second-order valence-electron chi connectivity index (χ2n) is 15.3. The van der Waals surface area contributed by atoms with E-state index in [-0.39, 0.29) is 33.1 Å². The number of fused-ring (bicyclic) bond motifs is 4. The van der Waals surface area contributed by atoms with Crippen LogP contribution in [0.5, 0.6) is 0 Å². The minimum atomic E-state index is -0.926. The van der Waals surface area contributed by atoms with Crippen molar-refractivity contribution in [3.63, 3.8) is 0 Å². The van der Waals surface area contributed by atoms with E-state index in [1.54, 1.807) is 6.07 Å². The number of rotatable bonds is 7. The predicted octanol–water partition coefficient (Wildman–Crippen LogP) is 8.11. The molecule has 9 aromatic carbocycles. The van der Waals surface area contributed by atoms with E-state index in [2.05, 4.69) is 78.9 Å². The lowest BCUT2D eigenvalue weighted by molar-refractivity contribution is 0.625. The summed E-state index contributed by atoms with van der Waals surface area (Å²) in [5, 5.41) is 2.14. The Bertz CT molecular complexity index is 3030. The van der Waals surface area contributed by atoms with Crippen molar-refractivity contribution in [2.45, 2.75) is 5.41 Å². The van der Waals surface area contributed by atoms with Crippen LogP contribution in [0.25, 0.3) is 44.2 Å². The molecule has 60 heavy (non-hydrogen) atoms. The largest absolute Gasteiger partial charge is 0.312 e. The lowest BCUT2D eigenvalue weighted by Crippen LogP contribution is -2.56. The van der Waals surface area contributed by atoms with Gasteiger partial charge in [0.1, 0.15) is 45.0 Å². The summed E-state index contributed by atoms with van der Waals surface area (Å²) in [5.41, 5.74) is 11.0. The van der Waals surface area contributed by atoms with Gasteiger partial charge in [-0.2, -0.15) is 0 Å². The molecule has 1 aliphatic rings. The highest BCUT2D eigenvalue weighted by Crippen LogP contribution is 2.58. The van der Waals surface area contributed by atoms with Crippen molar-refractivity contribution in [3.05, 3.63) is 216 Å². The summed E-state index contributed by atoms with van der Waals surface area (Å²) >= 11 is 0. The third kappa shape index (κ3) is 5.90. The first-order valence-corrected chi connectivity index (χ1v) is 19.8. The summed E-state index contributed by atoms with van der Waals surface area (Å²) in [5.74, 6) is -0.304. The first kappa shape index (κ1) is 37.6. The maximum absolute atomic E-state index is 17.1. The summed E-state index contributed by atoms with van der Waals surface area (Å²) in [6.45, 7) is 0. The van der Waals surface area contributed by atoms with E-state index in [1.165, 1.54) is 0 Å². The zero-order valence-electron chi connectivity index (χ0n) is 32.6. The highest BCUT2D eigenvalue weighted by Gasteiger charge is 2.47. The standard InChI is InChI=1S/C53H31B5FN/c54-47-48(55)50(57)52(51(58)49(47)56)60(39-24-22-34(23-25-39)32-12-4-1-5-13-32)40-26-27-41-43-30-42(36-21-20-33-14-10-11-15-35(33)28-36)46(59)31-45(43)53(44(41)29-40,37-16-6-2-7-17-37)38-18-8-3-9-19-38/h1-31H. The number of anilines is 3. The molecule has 0 aromatic heterocycles. The smallest absolute Gasteiger partial charge is 0.131 e. The quantitative estimate of drug-likeness (QED) is 0.149. The molecule has 1 aliphatic carbocycles. The minimum absolute atomic E-state index is 0.133. The minimum Gasteiger partial charge on any atom is -0.312 e. The van der Waals surface area contributed by atoms with Gasteiger partial charge in [-0.25, -0.2) is 4.39 Å².